The summed E-state index contributed by atoms with van der Waals surface area (Å²) < 4.78 is 10.7. The van der Waals surface area contributed by atoms with Crippen LogP contribution in [0.1, 0.15) is 13.8 Å². The monoisotopic (exact) mass is 185 g/mol. The molecule has 0 aromatic carbocycles. The van der Waals surface area contributed by atoms with Gasteiger partial charge in [0.15, 0.2) is 0 Å². The summed E-state index contributed by atoms with van der Waals surface area (Å²) in [7, 11) is 0. The zero-order valence-corrected chi connectivity index (χ0v) is 8.58. The minimum atomic E-state index is 0.363. The van der Waals surface area contributed by atoms with E-state index in [1.54, 1.807) is 0 Å². The lowest BCUT2D eigenvalue weighted by Gasteiger charge is -2.55. The number of nitrogens with zero attached hydrogens (tertiary/aromatic N) is 1. The second-order valence-corrected chi connectivity index (χ2v) is 4.62. The zero-order valence-electron chi connectivity index (χ0n) is 8.58. The summed E-state index contributed by atoms with van der Waals surface area (Å²) in [6.07, 6.45) is 0.363. The summed E-state index contributed by atoms with van der Waals surface area (Å²) in [5.41, 5.74) is 0.553. The predicted molar refractivity (Wildman–Crippen MR) is 50.8 cm³/mol. The summed E-state index contributed by atoms with van der Waals surface area (Å²) in [6, 6.07) is 0. The van der Waals surface area contributed by atoms with Crippen LogP contribution in [0.25, 0.3) is 0 Å². The Hall–Kier alpha value is -0.120. The zero-order chi connectivity index (χ0) is 9.31. The molecule has 0 amide bonds. The van der Waals surface area contributed by atoms with Crippen molar-refractivity contribution in [3.63, 3.8) is 0 Å². The molecule has 0 aromatic rings. The topological polar surface area (TPSA) is 21.7 Å². The maximum atomic E-state index is 5.50. The van der Waals surface area contributed by atoms with Crippen LogP contribution in [0.4, 0.5) is 0 Å². The summed E-state index contributed by atoms with van der Waals surface area (Å²) in [6.45, 7) is 10.5. The number of ether oxygens (including phenoxy) is 2. The molecular weight excluding hydrogens is 166 g/mol. The fourth-order valence-electron chi connectivity index (χ4n) is 2.05. The van der Waals surface area contributed by atoms with Gasteiger partial charge in [-0.05, 0) is 13.8 Å². The highest BCUT2D eigenvalue weighted by atomic mass is 16.5. The Labute approximate surface area is 80.0 Å². The van der Waals surface area contributed by atoms with Crippen LogP contribution in [-0.2, 0) is 9.47 Å². The summed E-state index contributed by atoms with van der Waals surface area (Å²) >= 11 is 0. The standard InChI is InChI=1S/C10H19NO2/c1-9(2)13-4-3-11-5-10(6-11)7-12-8-10/h9H,3-8H2,1-2H3. The van der Waals surface area contributed by atoms with Crippen molar-refractivity contribution in [2.45, 2.75) is 20.0 Å². The molecule has 2 fully saturated rings. The lowest BCUT2D eigenvalue weighted by Crippen LogP contribution is -2.66. The van der Waals surface area contributed by atoms with Crippen molar-refractivity contribution in [2.75, 3.05) is 39.5 Å². The molecule has 0 radical (unpaired) electrons. The first-order valence-corrected chi connectivity index (χ1v) is 5.12. The van der Waals surface area contributed by atoms with Crippen molar-refractivity contribution >= 4 is 0 Å². The van der Waals surface area contributed by atoms with Crippen molar-refractivity contribution in [3.05, 3.63) is 0 Å². The van der Waals surface area contributed by atoms with E-state index in [4.69, 9.17) is 9.47 Å². The SMILES string of the molecule is CC(C)OCCN1CC2(COC2)C1. The molecule has 2 saturated heterocycles. The van der Waals surface area contributed by atoms with Gasteiger partial charge in [0.1, 0.15) is 0 Å². The molecule has 2 aliphatic rings. The lowest BCUT2D eigenvalue weighted by atomic mass is 9.78. The van der Waals surface area contributed by atoms with Gasteiger partial charge in [-0.3, -0.25) is 4.90 Å². The molecular formula is C10H19NO2. The van der Waals surface area contributed by atoms with Gasteiger partial charge in [-0.15, -0.1) is 0 Å². The van der Waals surface area contributed by atoms with Crippen LogP contribution in [0.2, 0.25) is 0 Å². The Kier molecular flexibility index (Phi) is 2.58. The van der Waals surface area contributed by atoms with Gasteiger partial charge in [-0.2, -0.15) is 0 Å². The highest BCUT2D eigenvalue weighted by Gasteiger charge is 2.48. The van der Waals surface area contributed by atoms with Crippen molar-refractivity contribution in [3.8, 4) is 0 Å². The van der Waals surface area contributed by atoms with Crippen LogP contribution in [0.3, 0.4) is 0 Å². The van der Waals surface area contributed by atoms with Crippen molar-refractivity contribution < 1.29 is 9.47 Å². The Morgan fingerprint density at radius 3 is 2.54 bits per heavy atom. The Morgan fingerprint density at radius 1 is 1.38 bits per heavy atom. The molecule has 0 atom stereocenters. The van der Waals surface area contributed by atoms with Crippen LogP contribution in [-0.4, -0.2) is 50.5 Å². The minimum Gasteiger partial charge on any atom is -0.380 e. The largest absolute Gasteiger partial charge is 0.380 e. The Morgan fingerprint density at radius 2 is 2.08 bits per heavy atom. The van der Waals surface area contributed by atoms with E-state index >= 15 is 0 Å². The molecule has 76 valence electrons. The van der Waals surface area contributed by atoms with Crippen LogP contribution in [0, 0.1) is 5.41 Å². The van der Waals surface area contributed by atoms with E-state index in [-0.39, 0.29) is 0 Å². The average Bonchev–Trinajstić information content (AvgIpc) is 1.89. The smallest absolute Gasteiger partial charge is 0.0596 e. The molecule has 3 nitrogen and oxygen atoms in total. The quantitative estimate of drug-likeness (QED) is 0.645. The number of rotatable bonds is 4. The van der Waals surface area contributed by atoms with E-state index in [0.717, 1.165) is 26.4 Å². The highest BCUT2D eigenvalue weighted by Crippen LogP contribution is 2.36. The van der Waals surface area contributed by atoms with Gasteiger partial charge in [0.05, 0.1) is 25.9 Å². The van der Waals surface area contributed by atoms with Crippen molar-refractivity contribution in [2.24, 2.45) is 5.41 Å². The Balaban J connectivity index is 1.54. The third-order valence-corrected chi connectivity index (χ3v) is 2.79. The van der Waals surface area contributed by atoms with Gasteiger partial charge in [0.2, 0.25) is 0 Å². The van der Waals surface area contributed by atoms with Gasteiger partial charge in [-0.1, -0.05) is 0 Å². The summed E-state index contributed by atoms with van der Waals surface area (Å²) in [5.74, 6) is 0. The van der Waals surface area contributed by atoms with E-state index in [1.807, 2.05) is 0 Å². The third-order valence-electron chi connectivity index (χ3n) is 2.79. The molecule has 2 aliphatic heterocycles. The van der Waals surface area contributed by atoms with Gasteiger partial charge in [0.25, 0.3) is 0 Å². The van der Waals surface area contributed by atoms with Crippen LogP contribution >= 0.6 is 0 Å². The molecule has 0 aliphatic carbocycles. The fourth-order valence-corrected chi connectivity index (χ4v) is 2.05. The molecule has 0 aromatic heterocycles. The van der Waals surface area contributed by atoms with Crippen LogP contribution in [0.15, 0.2) is 0 Å². The molecule has 3 heteroatoms. The predicted octanol–water partition coefficient (Wildman–Crippen LogP) is 0.744. The lowest BCUT2D eigenvalue weighted by molar-refractivity contribution is -0.191. The first-order chi connectivity index (χ1) is 6.20. The number of hydrogen-bond acceptors (Lipinski definition) is 3. The summed E-state index contributed by atoms with van der Waals surface area (Å²) in [4.78, 5) is 2.45. The van der Waals surface area contributed by atoms with E-state index in [1.165, 1.54) is 13.1 Å². The maximum Gasteiger partial charge on any atom is 0.0596 e. The second-order valence-electron chi connectivity index (χ2n) is 4.62. The second kappa shape index (κ2) is 3.56. The normalized spacial score (nSPS) is 26.1. The fraction of sp³-hybridized carbons (Fsp3) is 1.00. The minimum absolute atomic E-state index is 0.363. The van der Waals surface area contributed by atoms with Crippen molar-refractivity contribution in [1.82, 2.24) is 4.90 Å². The van der Waals surface area contributed by atoms with Gasteiger partial charge >= 0.3 is 0 Å². The molecule has 0 N–H and O–H groups in total. The molecule has 0 bridgehead atoms. The molecule has 0 saturated carbocycles. The van der Waals surface area contributed by atoms with Gasteiger partial charge in [-0.25, -0.2) is 0 Å². The molecule has 2 rings (SSSR count). The van der Waals surface area contributed by atoms with E-state index in [9.17, 15) is 0 Å². The van der Waals surface area contributed by atoms with E-state index in [0.29, 0.717) is 11.5 Å². The molecule has 1 spiro atoms. The number of likely N-dealkylation sites (tertiary alicyclic amines) is 1. The Bertz CT molecular complexity index is 170. The van der Waals surface area contributed by atoms with E-state index < -0.39 is 0 Å². The summed E-state index contributed by atoms with van der Waals surface area (Å²) in [5, 5.41) is 0. The molecule has 13 heavy (non-hydrogen) atoms. The molecule has 2 heterocycles. The average molecular weight is 185 g/mol. The third kappa shape index (κ3) is 2.03. The van der Waals surface area contributed by atoms with Crippen LogP contribution in [0.5, 0.6) is 0 Å². The van der Waals surface area contributed by atoms with Gasteiger partial charge < -0.3 is 9.47 Å². The number of hydrogen-bond donors (Lipinski definition) is 0. The first kappa shape index (κ1) is 9.44. The maximum absolute atomic E-state index is 5.50. The molecule has 0 unspecified atom stereocenters. The van der Waals surface area contributed by atoms with Crippen LogP contribution < -0.4 is 0 Å². The van der Waals surface area contributed by atoms with E-state index in [2.05, 4.69) is 18.7 Å². The van der Waals surface area contributed by atoms with Crippen molar-refractivity contribution in [1.29, 1.82) is 0 Å². The first-order valence-electron chi connectivity index (χ1n) is 5.12. The van der Waals surface area contributed by atoms with Gasteiger partial charge in [0, 0.05) is 25.0 Å². The highest BCUT2D eigenvalue weighted by molar-refractivity contribution is 4.99.